The zero-order valence-electron chi connectivity index (χ0n) is 11.4. The first-order valence-electron chi connectivity index (χ1n) is 6.44. The van der Waals surface area contributed by atoms with Gasteiger partial charge in [0, 0.05) is 16.9 Å². The minimum atomic E-state index is 0.662. The van der Waals surface area contributed by atoms with E-state index in [9.17, 15) is 0 Å². The summed E-state index contributed by atoms with van der Waals surface area (Å²) in [5.74, 6) is 0.861. The van der Waals surface area contributed by atoms with E-state index < -0.39 is 0 Å². The number of hydrogen-bond donors (Lipinski definition) is 1. The third-order valence-electron chi connectivity index (χ3n) is 3.20. The van der Waals surface area contributed by atoms with Crippen LogP contribution in [-0.4, -0.2) is 14.4 Å². The number of nitrogens with zero attached hydrogens (tertiary/aromatic N) is 3. The number of imidazole rings is 1. The van der Waals surface area contributed by atoms with Crippen molar-refractivity contribution in [1.29, 1.82) is 0 Å². The molecule has 0 atom stereocenters. The topological polar surface area (TPSA) is 42.2 Å². The lowest BCUT2D eigenvalue weighted by molar-refractivity contribution is 1.04. The van der Waals surface area contributed by atoms with Crippen LogP contribution in [0.4, 0.5) is 5.82 Å². The predicted molar refractivity (Wildman–Crippen MR) is 83.9 cm³/mol. The van der Waals surface area contributed by atoms with Crippen LogP contribution in [0.5, 0.6) is 0 Å². The monoisotopic (exact) mass is 330 g/mol. The number of halogens is 1. The Balaban J connectivity index is 1.79. The minimum absolute atomic E-state index is 0.662. The van der Waals surface area contributed by atoms with Gasteiger partial charge in [-0.15, -0.1) is 0 Å². The summed E-state index contributed by atoms with van der Waals surface area (Å²) in [6.07, 6.45) is 4.06. The quantitative estimate of drug-likeness (QED) is 0.795. The molecule has 0 aromatic carbocycles. The zero-order chi connectivity index (χ0) is 14.1. The molecule has 0 aliphatic carbocycles. The number of aryl methyl sites for hydroxylation is 2. The van der Waals surface area contributed by atoms with E-state index in [1.54, 1.807) is 0 Å². The van der Waals surface area contributed by atoms with E-state index in [0.717, 1.165) is 27.3 Å². The highest BCUT2D eigenvalue weighted by molar-refractivity contribution is 9.10. The molecule has 0 bridgehead atoms. The van der Waals surface area contributed by atoms with Crippen molar-refractivity contribution in [3.05, 3.63) is 58.1 Å². The van der Waals surface area contributed by atoms with E-state index in [0.29, 0.717) is 6.54 Å². The third-order valence-corrected chi connectivity index (χ3v) is 4.04. The molecule has 3 rings (SSSR count). The molecular weight excluding hydrogens is 316 g/mol. The van der Waals surface area contributed by atoms with Crippen LogP contribution in [0, 0.1) is 13.8 Å². The smallest absolute Gasteiger partial charge is 0.140 e. The van der Waals surface area contributed by atoms with Crippen molar-refractivity contribution in [2.24, 2.45) is 0 Å². The zero-order valence-corrected chi connectivity index (χ0v) is 13.0. The maximum absolute atomic E-state index is 4.63. The first-order chi connectivity index (χ1) is 9.63. The molecule has 0 amide bonds. The van der Waals surface area contributed by atoms with Crippen molar-refractivity contribution < 1.29 is 0 Å². The lowest BCUT2D eigenvalue weighted by Crippen LogP contribution is -2.02. The van der Waals surface area contributed by atoms with Crippen molar-refractivity contribution >= 4 is 27.4 Å². The Morgan fingerprint density at radius 1 is 1.20 bits per heavy atom. The van der Waals surface area contributed by atoms with Gasteiger partial charge in [0.15, 0.2) is 0 Å². The molecule has 1 N–H and O–H groups in total. The van der Waals surface area contributed by atoms with E-state index >= 15 is 0 Å². The maximum atomic E-state index is 4.63. The molecule has 3 aromatic heterocycles. The number of anilines is 1. The standard InChI is InChI=1S/C15H15BrN4/c1-10-4-3-7-20-9-12(19-15(10)20)8-17-14-6-5-13(16)11(2)18-14/h3-7,9H,8H2,1-2H3,(H,17,18). The van der Waals surface area contributed by atoms with Gasteiger partial charge in [-0.25, -0.2) is 9.97 Å². The van der Waals surface area contributed by atoms with Crippen LogP contribution in [0.1, 0.15) is 17.0 Å². The van der Waals surface area contributed by atoms with Gasteiger partial charge >= 0.3 is 0 Å². The molecule has 0 unspecified atom stereocenters. The number of pyridine rings is 2. The van der Waals surface area contributed by atoms with E-state index in [-0.39, 0.29) is 0 Å². The summed E-state index contributed by atoms with van der Waals surface area (Å²) in [4.78, 5) is 9.10. The average Bonchev–Trinajstić information content (AvgIpc) is 2.85. The molecule has 0 saturated heterocycles. The maximum Gasteiger partial charge on any atom is 0.140 e. The van der Waals surface area contributed by atoms with E-state index in [1.165, 1.54) is 5.56 Å². The van der Waals surface area contributed by atoms with Crippen molar-refractivity contribution in [3.8, 4) is 0 Å². The molecule has 5 heteroatoms. The first kappa shape index (κ1) is 13.1. The highest BCUT2D eigenvalue weighted by Crippen LogP contribution is 2.17. The largest absolute Gasteiger partial charge is 0.364 e. The van der Waals surface area contributed by atoms with Crippen LogP contribution in [-0.2, 0) is 6.54 Å². The third kappa shape index (κ3) is 2.54. The molecule has 102 valence electrons. The molecule has 0 fully saturated rings. The summed E-state index contributed by atoms with van der Waals surface area (Å²) in [6.45, 7) is 4.71. The van der Waals surface area contributed by atoms with Crippen molar-refractivity contribution in [2.45, 2.75) is 20.4 Å². The summed E-state index contributed by atoms with van der Waals surface area (Å²) in [7, 11) is 0. The Kier molecular flexibility index (Phi) is 3.44. The van der Waals surface area contributed by atoms with Gasteiger partial charge in [0.25, 0.3) is 0 Å². The number of fused-ring (bicyclic) bond motifs is 1. The van der Waals surface area contributed by atoms with Crippen LogP contribution in [0.2, 0.25) is 0 Å². The Labute approximate surface area is 126 Å². The van der Waals surface area contributed by atoms with Gasteiger partial charge in [-0.1, -0.05) is 6.07 Å². The molecule has 3 aromatic rings. The predicted octanol–water partition coefficient (Wildman–Crippen LogP) is 3.72. The van der Waals surface area contributed by atoms with Crippen molar-refractivity contribution in [3.63, 3.8) is 0 Å². The Morgan fingerprint density at radius 2 is 2.05 bits per heavy atom. The molecule has 0 aliphatic heterocycles. The van der Waals surface area contributed by atoms with Gasteiger partial charge < -0.3 is 9.72 Å². The normalized spacial score (nSPS) is 10.9. The lowest BCUT2D eigenvalue weighted by Gasteiger charge is -2.05. The molecule has 3 heterocycles. The SMILES string of the molecule is Cc1nc(NCc2cn3cccc(C)c3n2)ccc1Br. The van der Waals surface area contributed by atoms with Gasteiger partial charge in [-0.05, 0) is 53.5 Å². The van der Waals surface area contributed by atoms with E-state index in [1.807, 2.05) is 41.9 Å². The van der Waals surface area contributed by atoms with Crippen molar-refractivity contribution in [2.75, 3.05) is 5.32 Å². The summed E-state index contributed by atoms with van der Waals surface area (Å²) in [6, 6.07) is 8.05. The highest BCUT2D eigenvalue weighted by Gasteiger charge is 2.04. The lowest BCUT2D eigenvalue weighted by atomic mass is 10.3. The molecule has 20 heavy (non-hydrogen) atoms. The fourth-order valence-electron chi connectivity index (χ4n) is 2.11. The highest BCUT2D eigenvalue weighted by atomic mass is 79.9. The second-order valence-electron chi connectivity index (χ2n) is 4.77. The first-order valence-corrected chi connectivity index (χ1v) is 7.23. The summed E-state index contributed by atoms with van der Waals surface area (Å²) < 4.78 is 3.07. The minimum Gasteiger partial charge on any atom is -0.364 e. The molecular formula is C15H15BrN4. The molecule has 0 spiro atoms. The number of rotatable bonds is 3. The van der Waals surface area contributed by atoms with Crippen LogP contribution in [0.3, 0.4) is 0 Å². The van der Waals surface area contributed by atoms with Crippen LogP contribution < -0.4 is 5.32 Å². The number of nitrogens with one attached hydrogen (secondary N) is 1. The van der Waals surface area contributed by atoms with Crippen molar-refractivity contribution in [1.82, 2.24) is 14.4 Å². The Hall–Kier alpha value is -1.88. The fourth-order valence-corrected chi connectivity index (χ4v) is 2.33. The second kappa shape index (κ2) is 5.25. The van der Waals surface area contributed by atoms with E-state index in [4.69, 9.17) is 0 Å². The Morgan fingerprint density at radius 3 is 2.80 bits per heavy atom. The molecule has 4 nitrogen and oxygen atoms in total. The van der Waals surface area contributed by atoms with Gasteiger partial charge in [0.1, 0.15) is 11.5 Å². The molecule has 0 radical (unpaired) electrons. The van der Waals surface area contributed by atoms with E-state index in [2.05, 4.69) is 44.2 Å². The van der Waals surface area contributed by atoms with Gasteiger partial charge in [-0.3, -0.25) is 0 Å². The van der Waals surface area contributed by atoms with Gasteiger partial charge in [-0.2, -0.15) is 0 Å². The summed E-state index contributed by atoms with van der Waals surface area (Å²) >= 11 is 3.45. The van der Waals surface area contributed by atoms with Crippen LogP contribution in [0.15, 0.2) is 41.1 Å². The summed E-state index contributed by atoms with van der Waals surface area (Å²) in [5, 5.41) is 3.30. The fraction of sp³-hybridized carbons (Fsp3) is 0.200. The number of aromatic nitrogens is 3. The second-order valence-corrected chi connectivity index (χ2v) is 5.63. The number of hydrogen-bond acceptors (Lipinski definition) is 3. The van der Waals surface area contributed by atoms with Crippen LogP contribution in [0.25, 0.3) is 5.65 Å². The summed E-state index contributed by atoms with van der Waals surface area (Å²) in [5.41, 5.74) is 4.16. The Bertz CT molecular complexity index is 764. The molecule has 0 saturated carbocycles. The van der Waals surface area contributed by atoms with Crippen LogP contribution >= 0.6 is 15.9 Å². The molecule has 0 aliphatic rings. The van der Waals surface area contributed by atoms with Gasteiger partial charge in [0.05, 0.1) is 17.9 Å². The average molecular weight is 331 g/mol. The van der Waals surface area contributed by atoms with Gasteiger partial charge in [0.2, 0.25) is 0 Å².